The molecule has 1 amide bonds. The number of ether oxygens (including phenoxy) is 1. The average Bonchev–Trinajstić information content (AvgIpc) is 3.57. The van der Waals surface area contributed by atoms with Gasteiger partial charge in [-0.15, -0.1) is 0 Å². The van der Waals surface area contributed by atoms with Crippen molar-refractivity contribution in [2.24, 2.45) is 11.7 Å². The van der Waals surface area contributed by atoms with E-state index >= 15 is 0 Å². The zero-order chi connectivity index (χ0) is 33.8. The number of unbranched alkanes of at least 4 members (excludes halogenated alkanes) is 4. The van der Waals surface area contributed by atoms with Crippen molar-refractivity contribution >= 4 is 5.91 Å². The summed E-state index contributed by atoms with van der Waals surface area (Å²) in [6, 6.07) is 23.6. The minimum absolute atomic E-state index is 0.163. The van der Waals surface area contributed by atoms with E-state index in [0.29, 0.717) is 18.7 Å². The molecular weight excluding hydrogens is 594 g/mol. The maximum Gasteiger partial charge on any atom is 0.232 e. The van der Waals surface area contributed by atoms with Crippen LogP contribution in [0.25, 0.3) is 0 Å². The van der Waals surface area contributed by atoms with Gasteiger partial charge in [-0.2, -0.15) is 0 Å². The van der Waals surface area contributed by atoms with Crippen LogP contribution in [0, 0.1) is 5.92 Å². The maximum atomic E-state index is 13.4. The molecule has 5 rings (SSSR count). The number of amides is 1. The Kier molecular flexibility index (Phi) is 13.5. The summed E-state index contributed by atoms with van der Waals surface area (Å²) in [6.07, 6.45) is 13.5. The topological polar surface area (TPSA) is 74.9 Å². The Bertz CT molecular complexity index is 1340. The molecule has 1 aromatic heterocycles. The number of aromatic nitrogens is 1. The quantitative estimate of drug-likeness (QED) is 0.151. The Labute approximate surface area is 289 Å². The standard InChI is InChI=1S/C41H59N5O2/c1-4-48-39-20-24-43-30-34(39)31-45-28-22-38(23-29-45)46(33(2)3)26-15-7-5-6-14-25-44-27-21-37(32-44)41(40(42)47,35-16-10-8-11-17-35)36-18-12-9-13-19-36/h8-13,16-20,24,30,33,37-38H,4-7,14-15,21-23,25-29,31-32H2,1-3H3,(H2,42,47)/t37-/m1/s1. The normalized spacial score (nSPS) is 18.1. The third kappa shape index (κ3) is 8.85. The summed E-state index contributed by atoms with van der Waals surface area (Å²) < 4.78 is 5.84. The molecule has 0 unspecified atom stereocenters. The SMILES string of the molecule is CCOc1ccncc1CN1CCC(N(CCCCCCCN2CC[C@@H](C(C(N)=O)(c3ccccc3)c3ccccc3)C2)C(C)C)CC1. The predicted molar refractivity (Wildman–Crippen MR) is 196 cm³/mol. The fourth-order valence-corrected chi connectivity index (χ4v) is 8.42. The van der Waals surface area contributed by atoms with E-state index < -0.39 is 5.41 Å². The number of nitrogens with zero attached hydrogens (tertiary/aromatic N) is 4. The molecule has 7 nitrogen and oxygen atoms in total. The van der Waals surface area contributed by atoms with E-state index in [9.17, 15) is 4.79 Å². The van der Waals surface area contributed by atoms with Gasteiger partial charge < -0.3 is 15.4 Å². The Morgan fingerprint density at radius 2 is 1.52 bits per heavy atom. The first-order chi connectivity index (χ1) is 23.4. The molecule has 0 spiro atoms. The number of likely N-dealkylation sites (tertiary alicyclic amines) is 2. The van der Waals surface area contributed by atoms with Gasteiger partial charge in [0, 0.05) is 43.1 Å². The molecular formula is C41H59N5O2. The van der Waals surface area contributed by atoms with Gasteiger partial charge in [-0.25, -0.2) is 0 Å². The van der Waals surface area contributed by atoms with Gasteiger partial charge in [0.1, 0.15) is 11.2 Å². The van der Waals surface area contributed by atoms with Crippen LogP contribution in [-0.4, -0.2) is 83.5 Å². The molecule has 2 aliphatic rings. The van der Waals surface area contributed by atoms with Gasteiger partial charge in [0.25, 0.3) is 0 Å². The molecule has 260 valence electrons. The van der Waals surface area contributed by atoms with Crippen LogP contribution in [0.5, 0.6) is 5.75 Å². The van der Waals surface area contributed by atoms with Crippen molar-refractivity contribution in [3.63, 3.8) is 0 Å². The molecule has 0 saturated carbocycles. The summed E-state index contributed by atoms with van der Waals surface area (Å²) in [4.78, 5) is 25.6. The number of primary amides is 1. The largest absolute Gasteiger partial charge is 0.493 e. The van der Waals surface area contributed by atoms with Crippen molar-refractivity contribution < 1.29 is 9.53 Å². The van der Waals surface area contributed by atoms with Crippen LogP contribution in [0.3, 0.4) is 0 Å². The van der Waals surface area contributed by atoms with Crippen molar-refractivity contribution in [2.75, 3.05) is 45.9 Å². The van der Waals surface area contributed by atoms with E-state index in [1.807, 2.05) is 61.8 Å². The van der Waals surface area contributed by atoms with E-state index in [1.54, 1.807) is 0 Å². The van der Waals surface area contributed by atoms with Gasteiger partial charge in [0.15, 0.2) is 0 Å². The predicted octanol–water partition coefficient (Wildman–Crippen LogP) is 6.90. The highest BCUT2D eigenvalue weighted by Crippen LogP contribution is 2.43. The molecule has 2 aliphatic heterocycles. The molecule has 7 heteroatoms. The Morgan fingerprint density at radius 1 is 0.896 bits per heavy atom. The molecule has 48 heavy (non-hydrogen) atoms. The summed E-state index contributed by atoms with van der Waals surface area (Å²) in [6.45, 7) is 14.8. The number of hydrogen-bond acceptors (Lipinski definition) is 6. The third-order valence-corrected chi connectivity index (χ3v) is 10.9. The zero-order valence-corrected chi connectivity index (χ0v) is 29.7. The van der Waals surface area contributed by atoms with Crippen LogP contribution < -0.4 is 10.5 Å². The fourth-order valence-electron chi connectivity index (χ4n) is 8.42. The first kappa shape index (κ1) is 36.0. The molecule has 0 bridgehead atoms. The van der Waals surface area contributed by atoms with E-state index in [0.717, 1.165) is 62.6 Å². The van der Waals surface area contributed by atoms with Crippen molar-refractivity contribution in [1.82, 2.24) is 19.7 Å². The number of benzene rings is 2. The lowest BCUT2D eigenvalue weighted by Crippen LogP contribution is -2.49. The highest BCUT2D eigenvalue weighted by atomic mass is 16.5. The van der Waals surface area contributed by atoms with Crippen molar-refractivity contribution in [3.8, 4) is 5.75 Å². The lowest BCUT2D eigenvalue weighted by Gasteiger charge is -2.40. The first-order valence-corrected chi connectivity index (χ1v) is 18.6. The molecule has 0 aliphatic carbocycles. The van der Waals surface area contributed by atoms with Gasteiger partial charge in [0.2, 0.25) is 5.91 Å². The van der Waals surface area contributed by atoms with Gasteiger partial charge in [-0.05, 0) is 109 Å². The van der Waals surface area contributed by atoms with Crippen LogP contribution in [0.1, 0.15) is 88.8 Å². The Balaban J connectivity index is 1.03. The average molecular weight is 654 g/mol. The number of carbonyl (C=O) groups is 1. The van der Waals surface area contributed by atoms with Crippen LogP contribution in [-0.2, 0) is 16.8 Å². The molecule has 1 atom stereocenters. The maximum absolute atomic E-state index is 13.4. The smallest absolute Gasteiger partial charge is 0.232 e. The highest BCUT2D eigenvalue weighted by molar-refractivity contribution is 5.91. The van der Waals surface area contributed by atoms with Crippen molar-refractivity contribution in [3.05, 3.63) is 95.8 Å². The summed E-state index contributed by atoms with van der Waals surface area (Å²) in [7, 11) is 0. The van der Waals surface area contributed by atoms with E-state index in [-0.39, 0.29) is 11.8 Å². The lowest BCUT2D eigenvalue weighted by atomic mass is 9.64. The number of rotatable bonds is 18. The zero-order valence-electron chi connectivity index (χ0n) is 29.7. The lowest BCUT2D eigenvalue weighted by molar-refractivity contribution is -0.123. The molecule has 2 saturated heterocycles. The third-order valence-electron chi connectivity index (χ3n) is 10.9. The highest BCUT2D eigenvalue weighted by Gasteiger charge is 2.49. The number of nitrogens with two attached hydrogens (primary N) is 1. The minimum atomic E-state index is -0.803. The van der Waals surface area contributed by atoms with Gasteiger partial charge in [0.05, 0.1) is 6.61 Å². The molecule has 2 aromatic carbocycles. The molecule has 2 N–H and O–H groups in total. The van der Waals surface area contributed by atoms with Gasteiger partial charge in [-0.3, -0.25) is 19.6 Å². The van der Waals surface area contributed by atoms with Gasteiger partial charge in [-0.1, -0.05) is 79.9 Å². The Morgan fingerprint density at radius 3 is 2.15 bits per heavy atom. The minimum Gasteiger partial charge on any atom is -0.493 e. The fraction of sp³-hybridized carbons (Fsp3) is 0.561. The van der Waals surface area contributed by atoms with Crippen LogP contribution in [0.2, 0.25) is 0 Å². The number of hydrogen-bond donors (Lipinski definition) is 1. The van der Waals surface area contributed by atoms with Gasteiger partial charge >= 0.3 is 0 Å². The Hall–Kier alpha value is -3.26. The molecule has 2 fully saturated rings. The van der Waals surface area contributed by atoms with Crippen molar-refractivity contribution in [2.45, 2.75) is 96.2 Å². The number of piperidine rings is 1. The monoisotopic (exact) mass is 653 g/mol. The summed E-state index contributed by atoms with van der Waals surface area (Å²) in [5.74, 6) is 0.893. The molecule has 3 aromatic rings. The molecule has 0 radical (unpaired) electrons. The van der Waals surface area contributed by atoms with E-state index in [4.69, 9.17) is 10.5 Å². The summed E-state index contributed by atoms with van der Waals surface area (Å²) >= 11 is 0. The van der Waals surface area contributed by atoms with E-state index in [1.165, 1.54) is 57.1 Å². The van der Waals surface area contributed by atoms with Crippen LogP contribution in [0.4, 0.5) is 0 Å². The first-order valence-electron chi connectivity index (χ1n) is 18.6. The number of pyridine rings is 1. The van der Waals surface area contributed by atoms with Crippen LogP contribution >= 0.6 is 0 Å². The second-order valence-electron chi connectivity index (χ2n) is 14.2. The van der Waals surface area contributed by atoms with Crippen molar-refractivity contribution in [1.29, 1.82) is 0 Å². The molecule has 3 heterocycles. The number of carbonyl (C=O) groups excluding carboxylic acids is 1. The van der Waals surface area contributed by atoms with Crippen LogP contribution in [0.15, 0.2) is 79.1 Å². The second-order valence-corrected chi connectivity index (χ2v) is 14.2. The van der Waals surface area contributed by atoms with E-state index in [2.05, 4.69) is 57.8 Å². The second kappa shape index (κ2) is 17.9. The summed E-state index contributed by atoms with van der Waals surface area (Å²) in [5, 5.41) is 0. The summed E-state index contributed by atoms with van der Waals surface area (Å²) in [5.41, 5.74) is 8.71.